The fourth-order valence-corrected chi connectivity index (χ4v) is 9.90. The van der Waals surface area contributed by atoms with Gasteiger partial charge in [-0.3, -0.25) is 5.32 Å². The lowest BCUT2D eigenvalue weighted by Gasteiger charge is -2.25. The van der Waals surface area contributed by atoms with Crippen molar-refractivity contribution in [3.63, 3.8) is 0 Å². The van der Waals surface area contributed by atoms with Gasteiger partial charge in [-0.25, -0.2) is 0 Å². The highest BCUT2D eigenvalue weighted by atomic mass is 15.0. The smallest absolute Gasteiger partial charge is 0.0817 e. The van der Waals surface area contributed by atoms with Crippen molar-refractivity contribution in [3.8, 4) is 44.5 Å². The highest BCUT2D eigenvalue weighted by Gasteiger charge is 2.38. The number of hydrogen-bond acceptors (Lipinski definition) is 2. The molecular weight excluding hydrogens is 701 g/mol. The summed E-state index contributed by atoms with van der Waals surface area (Å²) in [5.41, 5.74) is 25.9. The molecule has 8 aromatic rings. The molecule has 0 spiro atoms. The molecule has 2 nitrogen and oxygen atoms in total. The van der Waals surface area contributed by atoms with Crippen LogP contribution in [0.25, 0.3) is 61.4 Å². The first-order valence-electron chi connectivity index (χ1n) is 20.6. The minimum absolute atomic E-state index is 0.0445. The summed E-state index contributed by atoms with van der Waals surface area (Å²) in [7, 11) is 0. The number of nitrogens with two attached hydrogens (primary N) is 1. The first-order chi connectivity index (χ1) is 28.2. The molecule has 0 aliphatic heterocycles. The fourth-order valence-electron chi connectivity index (χ4n) is 9.90. The third kappa shape index (κ3) is 5.86. The molecule has 0 aromatic heterocycles. The Morgan fingerprint density at radius 2 is 1.07 bits per heavy atom. The first-order valence-corrected chi connectivity index (χ1v) is 20.6. The molecule has 2 aliphatic carbocycles. The quantitative estimate of drug-likeness (QED) is 0.152. The summed E-state index contributed by atoms with van der Waals surface area (Å²) in [5.74, 6) is 0. The monoisotopic (exact) mass is 748 g/mol. The van der Waals surface area contributed by atoms with Gasteiger partial charge in [-0.15, -0.1) is 0 Å². The number of rotatable bonds is 8. The van der Waals surface area contributed by atoms with E-state index in [0.717, 1.165) is 11.1 Å². The summed E-state index contributed by atoms with van der Waals surface area (Å²) in [5, 5.41) is 6.40. The predicted molar refractivity (Wildman–Crippen MR) is 245 cm³/mol. The van der Waals surface area contributed by atoms with Crippen molar-refractivity contribution in [1.82, 2.24) is 5.32 Å². The van der Waals surface area contributed by atoms with E-state index in [1.807, 2.05) is 6.07 Å². The van der Waals surface area contributed by atoms with Gasteiger partial charge in [-0.1, -0.05) is 198 Å². The maximum absolute atomic E-state index is 7.00. The molecule has 0 saturated heterocycles. The van der Waals surface area contributed by atoms with Crippen molar-refractivity contribution in [1.29, 1.82) is 0 Å². The van der Waals surface area contributed by atoms with Crippen molar-refractivity contribution >= 4 is 16.8 Å². The average Bonchev–Trinajstić information content (AvgIpc) is 3.63. The van der Waals surface area contributed by atoms with Crippen molar-refractivity contribution in [2.45, 2.75) is 50.7 Å². The lowest BCUT2D eigenvalue weighted by molar-refractivity contribution is 0.510. The molecule has 0 fully saturated rings. The first kappa shape index (κ1) is 36.0. The minimum Gasteiger partial charge on any atom is -0.312 e. The molecule has 0 saturated carbocycles. The van der Waals surface area contributed by atoms with Crippen LogP contribution in [0, 0.1) is 0 Å². The number of nitrogens with one attached hydrogen (secondary N) is 1. The zero-order valence-corrected chi connectivity index (χ0v) is 33.6. The van der Waals surface area contributed by atoms with Crippen molar-refractivity contribution < 1.29 is 0 Å². The second-order valence-corrected chi connectivity index (χ2v) is 17.1. The molecule has 2 heteroatoms. The van der Waals surface area contributed by atoms with Gasteiger partial charge in [0.1, 0.15) is 0 Å². The molecule has 0 heterocycles. The Bertz CT molecular complexity index is 2890. The van der Waals surface area contributed by atoms with Crippen LogP contribution >= 0.6 is 0 Å². The van der Waals surface area contributed by atoms with Crippen LogP contribution in [0.4, 0.5) is 0 Å². The third-order valence-corrected chi connectivity index (χ3v) is 13.0. The van der Waals surface area contributed by atoms with Crippen LogP contribution in [-0.2, 0) is 10.8 Å². The molecule has 3 N–H and O–H groups in total. The Labute approximate surface area is 342 Å². The summed E-state index contributed by atoms with van der Waals surface area (Å²) in [4.78, 5) is 0. The molecule has 282 valence electrons. The van der Waals surface area contributed by atoms with E-state index >= 15 is 0 Å². The van der Waals surface area contributed by atoms with Gasteiger partial charge in [-0.2, -0.15) is 0 Å². The molecule has 0 bridgehead atoms. The van der Waals surface area contributed by atoms with Crippen LogP contribution in [0.2, 0.25) is 0 Å². The Kier molecular flexibility index (Phi) is 8.67. The molecule has 2 atom stereocenters. The number of hydrogen-bond donors (Lipinski definition) is 2. The van der Waals surface area contributed by atoms with Crippen LogP contribution in [0.3, 0.4) is 0 Å². The van der Waals surface area contributed by atoms with Gasteiger partial charge >= 0.3 is 0 Å². The van der Waals surface area contributed by atoms with Crippen LogP contribution in [0.15, 0.2) is 182 Å². The van der Waals surface area contributed by atoms with Crippen LogP contribution in [-0.4, -0.2) is 0 Å². The summed E-state index contributed by atoms with van der Waals surface area (Å²) < 4.78 is 0. The number of benzene rings is 8. The van der Waals surface area contributed by atoms with Gasteiger partial charge in [-0.05, 0) is 112 Å². The Balaban J connectivity index is 1.09. The van der Waals surface area contributed by atoms with Crippen molar-refractivity contribution in [3.05, 3.63) is 221 Å². The van der Waals surface area contributed by atoms with E-state index in [2.05, 4.69) is 215 Å². The highest BCUT2D eigenvalue weighted by Crippen LogP contribution is 2.54. The predicted octanol–water partition coefficient (Wildman–Crippen LogP) is 13.8. The van der Waals surface area contributed by atoms with Gasteiger partial charge < -0.3 is 5.73 Å². The molecule has 0 radical (unpaired) electrons. The summed E-state index contributed by atoms with van der Waals surface area (Å²) in [6.07, 6.45) is 4.22. The molecular formula is C56H48N2. The van der Waals surface area contributed by atoms with E-state index < -0.39 is 0 Å². The molecule has 2 unspecified atom stereocenters. The Hall–Kier alpha value is -6.32. The normalized spacial score (nSPS) is 15.5. The van der Waals surface area contributed by atoms with Crippen LogP contribution in [0.1, 0.15) is 78.8 Å². The van der Waals surface area contributed by atoms with E-state index in [9.17, 15) is 0 Å². The average molecular weight is 749 g/mol. The lowest BCUT2D eigenvalue weighted by Crippen LogP contribution is -2.31. The van der Waals surface area contributed by atoms with E-state index in [4.69, 9.17) is 5.73 Å². The summed E-state index contributed by atoms with van der Waals surface area (Å²) in [6, 6.07) is 64.1. The molecule has 2 aliphatic rings. The minimum atomic E-state index is -0.377. The molecule has 8 aromatic carbocycles. The van der Waals surface area contributed by atoms with Gasteiger partial charge in [0, 0.05) is 10.8 Å². The van der Waals surface area contributed by atoms with E-state index in [1.54, 1.807) is 0 Å². The van der Waals surface area contributed by atoms with Gasteiger partial charge in [0.05, 0.1) is 12.2 Å². The van der Waals surface area contributed by atoms with Gasteiger partial charge in [0.15, 0.2) is 0 Å². The van der Waals surface area contributed by atoms with Crippen LogP contribution in [0.5, 0.6) is 0 Å². The standard InChI is InChI=1S/C56H48N2/c1-55(2)48-27-15-14-24-43(48)46-34-40(29-31-49(46)55)42-23-12-13-25-44(42)52(58-54(57)37-18-6-5-7-19-37)32-30-36-17-10-11-22-41(36)45-26-16-28-50-53(45)47-33-38-20-8-9-21-39(38)35-51(47)56(50,3)4/h5-35,52,54,58H,57H2,1-4H3/b32-30+. The zero-order chi connectivity index (χ0) is 39.6. The lowest BCUT2D eigenvalue weighted by atomic mass is 9.81. The maximum atomic E-state index is 7.00. The summed E-state index contributed by atoms with van der Waals surface area (Å²) in [6.45, 7) is 9.41. The fraction of sp³-hybridized carbons (Fsp3) is 0.143. The van der Waals surface area contributed by atoms with Crippen molar-refractivity contribution in [2.24, 2.45) is 5.73 Å². The van der Waals surface area contributed by atoms with E-state index in [0.29, 0.717) is 0 Å². The molecule has 0 amide bonds. The Morgan fingerprint density at radius 3 is 1.88 bits per heavy atom. The topological polar surface area (TPSA) is 38.0 Å². The molecule has 58 heavy (non-hydrogen) atoms. The SMILES string of the molecule is CC1(C)c2ccccc2-c2cc(-c3ccccc3C(/C=C/c3ccccc3-c3cccc4c3-c3cc5ccccc5cc3C4(C)C)NC(N)c3ccccc3)ccc21. The van der Waals surface area contributed by atoms with Gasteiger partial charge in [0.2, 0.25) is 0 Å². The van der Waals surface area contributed by atoms with Gasteiger partial charge in [0.25, 0.3) is 0 Å². The molecule has 10 rings (SSSR count). The van der Waals surface area contributed by atoms with Crippen molar-refractivity contribution in [2.75, 3.05) is 0 Å². The second-order valence-electron chi connectivity index (χ2n) is 17.1. The van der Waals surface area contributed by atoms with E-state index in [-0.39, 0.29) is 23.0 Å². The summed E-state index contributed by atoms with van der Waals surface area (Å²) >= 11 is 0. The third-order valence-electron chi connectivity index (χ3n) is 13.0. The second kappa shape index (κ2) is 14.0. The van der Waals surface area contributed by atoms with Crippen LogP contribution < -0.4 is 11.1 Å². The van der Waals surface area contributed by atoms with E-state index in [1.165, 1.54) is 83.1 Å². The Morgan fingerprint density at radius 1 is 0.466 bits per heavy atom. The largest absolute Gasteiger partial charge is 0.312 e. The number of fused-ring (bicyclic) bond motifs is 7. The maximum Gasteiger partial charge on any atom is 0.0817 e. The zero-order valence-electron chi connectivity index (χ0n) is 33.6. The highest BCUT2D eigenvalue weighted by molar-refractivity contribution is 5.99.